The highest BCUT2D eigenvalue weighted by Crippen LogP contribution is 2.21. The molecule has 1 aromatic rings. The summed E-state index contributed by atoms with van der Waals surface area (Å²) in [6.07, 6.45) is 3.08. The monoisotopic (exact) mass is 266 g/mol. The molecule has 1 heterocycles. The summed E-state index contributed by atoms with van der Waals surface area (Å²) in [4.78, 5) is 12.2. The molecule has 2 N–H and O–H groups in total. The van der Waals surface area contributed by atoms with E-state index in [4.69, 9.17) is 4.74 Å². The summed E-state index contributed by atoms with van der Waals surface area (Å²) in [5.41, 5.74) is -0.0192. The maximum absolute atomic E-state index is 13.8. The van der Waals surface area contributed by atoms with Crippen LogP contribution in [0.2, 0.25) is 0 Å². The quantitative estimate of drug-likeness (QED) is 0.875. The van der Waals surface area contributed by atoms with Crippen LogP contribution in [0.25, 0.3) is 0 Å². The number of ether oxygens (including phenoxy) is 1. The molecule has 19 heavy (non-hydrogen) atoms. The molecule has 104 valence electrons. The fourth-order valence-electron chi connectivity index (χ4n) is 2.29. The van der Waals surface area contributed by atoms with Crippen molar-refractivity contribution in [3.05, 3.63) is 29.6 Å². The molecule has 2 rings (SSSR count). The van der Waals surface area contributed by atoms with Gasteiger partial charge in [-0.15, -0.1) is 0 Å². The molecule has 1 aliphatic rings. The zero-order valence-corrected chi connectivity index (χ0v) is 11.0. The Balaban J connectivity index is 2.10. The van der Waals surface area contributed by atoms with E-state index in [1.807, 2.05) is 0 Å². The van der Waals surface area contributed by atoms with Gasteiger partial charge in [-0.2, -0.15) is 0 Å². The smallest absolute Gasteiger partial charge is 0.258 e. The van der Waals surface area contributed by atoms with Gasteiger partial charge in [-0.05, 0) is 31.5 Å². The third-order valence-electron chi connectivity index (χ3n) is 3.30. The van der Waals surface area contributed by atoms with Crippen molar-refractivity contribution in [1.29, 1.82) is 0 Å². The second-order valence-electron chi connectivity index (χ2n) is 4.69. The fourth-order valence-corrected chi connectivity index (χ4v) is 2.29. The van der Waals surface area contributed by atoms with Crippen molar-refractivity contribution in [2.24, 2.45) is 0 Å². The minimum Gasteiger partial charge on any atom is -0.496 e. The van der Waals surface area contributed by atoms with Crippen molar-refractivity contribution in [2.45, 2.75) is 25.3 Å². The third-order valence-corrected chi connectivity index (χ3v) is 3.30. The Hall–Kier alpha value is -1.62. The molecule has 1 unspecified atom stereocenters. The first-order valence-corrected chi connectivity index (χ1v) is 6.56. The second kappa shape index (κ2) is 6.52. The van der Waals surface area contributed by atoms with Gasteiger partial charge in [0.1, 0.15) is 17.1 Å². The van der Waals surface area contributed by atoms with Crippen molar-refractivity contribution in [2.75, 3.05) is 20.2 Å². The SMILES string of the molecule is COc1cccc(F)c1C(=O)NC1CCCCNC1. The van der Waals surface area contributed by atoms with Crippen LogP contribution in [0.5, 0.6) is 5.75 Å². The van der Waals surface area contributed by atoms with E-state index >= 15 is 0 Å². The number of benzene rings is 1. The highest BCUT2D eigenvalue weighted by atomic mass is 19.1. The number of hydrogen-bond donors (Lipinski definition) is 2. The standard InChI is InChI=1S/C14H19FN2O2/c1-19-12-7-4-6-11(15)13(12)14(18)17-10-5-2-3-8-16-9-10/h4,6-7,10,16H,2-3,5,8-9H2,1H3,(H,17,18). The average Bonchev–Trinajstić information content (AvgIpc) is 2.66. The summed E-state index contributed by atoms with van der Waals surface area (Å²) in [6.45, 7) is 1.69. The lowest BCUT2D eigenvalue weighted by molar-refractivity contribution is 0.0928. The van der Waals surface area contributed by atoms with E-state index in [2.05, 4.69) is 10.6 Å². The summed E-state index contributed by atoms with van der Waals surface area (Å²) in [7, 11) is 1.43. The lowest BCUT2D eigenvalue weighted by Crippen LogP contribution is -2.41. The Morgan fingerprint density at radius 2 is 2.32 bits per heavy atom. The molecule has 1 aromatic carbocycles. The highest BCUT2D eigenvalue weighted by molar-refractivity contribution is 5.97. The third kappa shape index (κ3) is 3.44. The van der Waals surface area contributed by atoms with Gasteiger partial charge in [0.25, 0.3) is 5.91 Å². The molecule has 0 spiro atoms. The minimum atomic E-state index is -0.557. The maximum atomic E-state index is 13.8. The van der Waals surface area contributed by atoms with E-state index in [0.29, 0.717) is 0 Å². The van der Waals surface area contributed by atoms with Crippen LogP contribution in [0, 0.1) is 5.82 Å². The largest absolute Gasteiger partial charge is 0.496 e. The van der Waals surface area contributed by atoms with Crippen LogP contribution in [0.15, 0.2) is 18.2 Å². The van der Waals surface area contributed by atoms with E-state index in [1.165, 1.54) is 19.2 Å². The van der Waals surface area contributed by atoms with Gasteiger partial charge in [-0.25, -0.2) is 4.39 Å². The van der Waals surface area contributed by atoms with E-state index in [1.54, 1.807) is 6.07 Å². The Kier molecular flexibility index (Phi) is 4.74. The molecule has 0 aliphatic carbocycles. The molecule has 5 heteroatoms. The van der Waals surface area contributed by atoms with E-state index in [-0.39, 0.29) is 17.4 Å². The van der Waals surface area contributed by atoms with E-state index in [9.17, 15) is 9.18 Å². The maximum Gasteiger partial charge on any atom is 0.258 e. The number of hydrogen-bond acceptors (Lipinski definition) is 3. The Morgan fingerprint density at radius 3 is 3.11 bits per heavy atom. The van der Waals surface area contributed by atoms with Crippen LogP contribution in [0.1, 0.15) is 29.6 Å². The molecular formula is C14H19FN2O2. The first kappa shape index (κ1) is 13.8. The van der Waals surface area contributed by atoms with Crippen LogP contribution in [0.3, 0.4) is 0 Å². The van der Waals surface area contributed by atoms with Gasteiger partial charge in [-0.1, -0.05) is 12.5 Å². The minimum absolute atomic E-state index is 0.0192. The molecule has 1 saturated heterocycles. The fraction of sp³-hybridized carbons (Fsp3) is 0.500. The topological polar surface area (TPSA) is 50.4 Å². The molecule has 4 nitrogen and oxygen atoms in total. The van der Waals surface area contributed by atoms with Crippen molar-refractivity contribution in [3.63, 3.8) is 0 Å². The predicted molar refractivity (Wildman–Crippen MR) is 70.9 cm³/mol. The molecule has 1 fully saturated rings. The summed E-state index contributed by atoms with van der Waals surface area (Å²) in [5, 5.41) is 6.13. The van der Waals surface area contributed by atoms with E-state index < -0.39 is 11.7 Å². The first-order valence-electron chi connectivity index (χ1n) is 6.56. The molecule has 1 amide bonds. The van der Waals surface area contributed by atoms with Gasteiger partial charge in [0.2, 0.25) is 0 Å². The van der Waals surface area contributed by atoms with Crippen LogP contribution >= 0.6 is 0 Å². The molecule has 0 radical (unpaired) electrons. The first-order chi connectivity index (χ1) is 9.22. The number of carbonyl (C=O) groups is 1. The van der Waals surface area contributed by atoms with Crippen LogP contribution in [-0.2, 0) is 0 Å². The van der Waals surface area contributed by atoms with Gasteiger partial charge in [0, 0.05) is 12.6 Å². The molecule has 1 atom stereocenters. The molecule has 0 bridgehead atoms. The van der Waals surface area contributed by atoms with Crippen molar-refractivity contribution >= 4 is 5.91 Å². The number of carbonyl (C=O) groups excluding carboxylic acids is 1. The summed E-state index contributed by atoms with van der Waals surface area (Å²) in [6, 6.07) is 4.42. The average molecular weight is 266 g/mol. The number of halogens is 1. The lowest BCUT2D eigenvalue weighted by atomic mass is 10.1. The number of nitrogens with one attached hydrogen (secondary N) is 2. The van der Waals surface area contributed by atoms with Gasteiger partial charge >= 0.3 is 0 Å². The Morgan fingerprint density at radius 1 is 1.47 bits per heavy atom. The molecule has 1 aliphatic heterocycles. The second-order valence-corrected chi connectivity index (χ2v) is 4.69. The summed E-state index contributed by atoms with van der Waals surface area (Å²) >= 11 is 0. The van der Waals surface area contributed by atoms with Crippen molar-refractivity contribution < 1.29 is 13.9 Å². The number of rotatable bonds is 3. The normalized spacial score (nSPS) is 19.6. The molecule has 0 saturated carbocycles. The highest BCUT2D eigenvalue weighted by Gasteiger charge is 2.21. The lowest BCUT2D eigenvalue weighted by Gasteiger charge is -2.17. The predicted octanol–water partition coefficient (Wildman–Crippen LogP) is 1.71. The molecule has 0 aromatic heterocycles. The van der Waals surface area contributed by atoms with Crippen LogP contribution in [-0.4, -0.2) is 32.1 Å². The zero-order valence-electron chi connectivity index (χ0n) is 11.0. The van der Waals surface area contributed by atoms with Crippen molar-refractivity contribution in [1.82, 2.24) is 10.6 Å². The molecular weight excluding hydrogens is 247 g/mol. The number of amides is 1. The van der Waals surface area contributed by atoms with E-state index in [0.717, 1.165) is 32.4 Å². The Bertz CT molecular complexity index is 443. The van der Waals surface area contributed by atoms with Gasteiger partial charge in [0.05, 0.1) is 7.11 Å². The van der Waals surface area contributed by atoms with Crippen molar-refractivity contribution in [3.8, 4) is 5.75 Å². The van der Waals surface area contributed by atoms with Gasteiger partial charge < -0.3 is 15.4 Å². The number of methoxy groups -OCH3 is 1. The van der Waals surface area contributed by atoms with Crippen LogP contribution < -0.4 is 15.4 Å². The zero-order chi connectivity index (χ0) is 13.7. The van der Waals surface area contributed by atoms with Gasteiger partial charge in [0.15, 0.2) is 0 Å². The summed E-state index contributed by atoms with van der Waals surface area (Å²) < 4.78 is 18.8. The van der Waals surface area contributed by atoms with Gasteiger partial charge in [-0.3, -0.25) is 4.79 Å². The Labute approximate surface area is 112 Å². The summed E-state index contributed by atoms with van der Waals surface area (Å²) in [5.74, 6) is -0.707. The van der Waals surface area contributed by atoms with Crippen LogP contribution in [0.4, 0.5) is 4.39 Å².